The second kappa shape index (κ2) is 6.13. The molecule has 0 heterocycles. The van der Waals surface area contributed by atoms with Crippen LogP contribution < -0.4 is 10.6 Å². The number of hydrogen-bond acceptors (Lipinski definition) is 2. The fourth-order valence-corrected chi connectivity index (χ4v) is 2.37. The van der Waals surface area contributed by atoms with Crippen LogP contribution in [0.3, 0.4) is 0 Å². The highest BCUT2D eigenvalue weighted by molar-refractivity contribution is 9.10. The van der Waals surface area contributed by atoms with Crippen molar-refractivity contribution in [2.75, 3.05) is 24.5 Å². The van der Waals surface area contributed by atoms with E-state index in [0.717, 1.165) is 24.0 Å². The lowest BCUT2D eigenvalue weighted by Crippen LogP contribution is -2.22. The number of hydrogen-bond donors (Lipinski definition) is 1. The van der Waals surface area contributed by atoms with Crippen molar-refractivity contribution in [3.05, 3.63) is 28.2 Å². The van der Waals surface area contributed by atoms with Crippen LogP contribution in [0.15, 0.2) is 22.7 Å². The van der Waals surface area contributed by atoms with Crippen LogP contribution in [0.1, 0.15) is 19.4 Å². The Morgan fingerprint density at radius 3 is 2.40 bits per heavy atom. The molecular weight excluding hydrogens is 252 g/mol. The predicted molar refractivity (Wildman–Crippen MR) is 70.5 cm³/mol. The summed E-state index contributed by atoms with van der Waals surface area (Å²) < 4.78 is 1.16. The number of nitrogens with two attached hydrogens (primary N) is 1. The average Bonchev–Trinajstić information content (AvgIpc) is 2.23. The molecule has 3 heteroatoms. The van der Waals surface area contributed by atoms with Gasteiger partial charge in [0.05, 0.1) is 5.69 Å². The third-order valence-corrected chi connectivity index (χ3v) is 3.18. The molecule has 0 aromatic heterocycles. The van der Waals surface area contributed by atoms with Crippen molar-refractivity contribution in [1.82, 2.24) is 0 Å². The molecular formula is C12H19BrN2. The van der Waals surface area contributed by atoms with Gasteiger partial charge in [0.15, 0.2) is 0 Å². The maximum absolute atomic E-state index is 5.54. The predicted octanol–water partition coefficient (Wildman–Crippen LogP) is 2.80. The van der Waals surface area contributed by atoms with Crippen molar-refractivity contribution in [3.8, 4) is 0 Å². The Hall–Kier alpha value is -0.540. The van der Waals surface area contributed by atoms with E-state index in [1.807, 2.05) is 0 Å². The molecule has 2 nitrogen and oxygen atoms in total. The van der Waals surface area contributed by atoms with Crippen LogP contribution in [0.4, 0.5) is 5.69 Å². The van der Waals surface area contributed by atoms with Crippen LogP contribution in [0, 0.1) is 0 Å². The van der Waals surface area contributed by atoms with Crippen molar-refractivity contribution in [2.24, 2.45) is 5.73 Å². The summed E-state index contributed by atoms with van der Waals surface area (Å²) in [6, 6.07) is 6.49. The van der Waals surface area contributed by atoms with Gasteiger partial charge in [-0.05, 0) is 60.4 Å². The van der Waals surface area contributed by atoms with E-state index in [1.165, 1.54) is 11.3 Å². The van der Waals surface area contributed by atoms with E-state index in [1.54, 1.807) is 0 Å². The van der Waals surface area contributed by atoms with Crippen LogP contribution in [-0.2, 0) is 6.42 Å². The van der Waals surface area contributed by atoms with Crippen LogP contribution in [0.2, 0.25) is 0 Å². The minimum Gasteiger partial charge on any atom is -0.371 e. The lowest BCUT2D eigenvalue weighted by Gasteiger charge is -2.22. The lowest BCUT2D eigenvalue weighted by molar-refractivity contribution is 0.862. The Kier molecular flexibility index (Phi) is 5.12. The molecule has 1 rings (SSSR count). The van der Waals surface area contributed by atoms with Crippen molar-refractivity contribution < 1.29 is 0 Å². The zero-order valence-corrected chi connectivity index (χ0v) is 11.0. The lowest BCUT2D eigenvalue weighted by atomic mass is 10.1. The molecule has 84 valence electrons. The molecule has 0 saturated heterocycles. The summed E-state index contributed by atoms with van der Waals surface area (Å²) in [4.78, 5) is 2.33. The second-order valence-corrected chi connectivity index (χ2v) is 4.35. The van der Waals surface area contributed by atoms with Crippen LogP contribution in [0.5, 0.6) is 0 Å². The van der Waals surface area contributed by atoms with Gasteiger partial charge >= 0.3 is 0 Å². The Labute approximate surface area is 101 Å². The van der Waals surface area contributed by atoms with Crippen molar-refractivity contribution in [2.45, 2.75) is 20.3 Å². The first kappa shape index (κ1) is 12.5. The van der Waals surface area contributed by atoms with Gasteiger partial charge in [-0.25, -0.2) is 0 Å². The Balaban J connectivity index is 2.91. The van der Waals surface area contributed by atoms with Gasteiger partial charge in [0.2, 0.25) is 0 Å². The Morgan fingerprint density at radius 2 is 1.93 bits per heavy atom. The number of nitrogens with zero attached hydrogens (tertiary/aromatic N) is 1. The highest BCUT2D eigenvalue weighted by Gasteiger charge is 2.06. The summed E-state index contributed by atoms with van der Waals surface area (Å²) in [5, 5.41) is 0. The van der Waals surface area contributed by atoms with E-state index in [2.05, 4.69) is 52.9 Å². The summed E-state index contributed by atoms with van der Waals surface area (Å²) in [5.74, 6) is 0. The minimum atomic E-state index is 0.705. The van der Waals surface area contributed by atoms with Crippen molar-refractivity contribution >= 4 is 21.6 Å². The highest BCUT2D eigenvalue weighted by Crippen LogP contribution is 2.27. The van der Waals surface area contributed by atoms with E-state index in [4.69, 9.17) is 5.73 Å². The first-order valence-corrected chi connectivity index (χ1v) is 6.25. The molecule has 0 aliphatic rings. The first-order chi connectivity index (χ1) is 7.22. The minimum absolute atomic E-state index is 0.705. The number of halogens is 1. The van der Waals surface area contributed by atoms with Crippen LogP contribution in [0.25, 0.3) is 0 Å². The Bertz CT molecular complexity index is 308. The molecule has 0 unspecified atom stereocenters. The second-order valence-electron chi connectivity index (χ2n) is 3.50. The highest BCUT2D eigenvalue weighted by atomic mass is 79.9. The summed E-state index contributed by atoms with van der Waals surface area (Å²) in [6.45, 7) is 7.11. The van der Waals surface area contributed by atoms with Gasteiger partial charge in [-0.3, -0.25) is 0 Å². The summed E-state index contributed by atoms with van der Waals surface area (Å²) in [5.41, 5.74) is 8.09. The van der Waals surface area contributed by atoms with Gasteiger partial charge in [0, 0.05) is 17.6 Å². The van der Waals surface area contributed by atoms with Gasteiger partial charge in [0.1, 0.15) is 0 Å². The monoisotopic (exact) mass is 270 g/mol. The van der Waals surface area contributed by atoms with E-state index in [0.29, 0.717) is 6.54 Å². The summed E-state index contributed by atoms with van der Waals surface area (Å²) >= 11 is 3.62. The van der Waals surface area contributed by atoms with E-state index >= 15 is 0 Å². The molecule has 0 radical (unpaired) electrons. The molecule has 0 atom stereocenters. The Morgan fingerprint density at radius 1 is 1.27 bits per heavy atom. The maximum Gasteiger partial charge on any atom is 0.0510 e. The molecule has 0 aliphatic heterocycles. The van der Waals surface area contributed by atoms with Crippen LogP contribution >= 0.6 is 15.9 Å². The molecule has 0 amide bonds. The van der Waals surface area contributed by atoms with E-state index in [-0.39, 0.29) is 0 Å². The smallest absolute Gasteiger partial charge is 0.0510 e. The average molecular weight is 271 g/mol. The first-order valence-electron chi connectivity index (χ1n) is 5.46. The summed E-state index contributed by atoms with van der Waals surface area (Å²) in [6.07, 6.45) is 0.942. The number of benzene rings is 1. The van der Waals surface area contributed by atoms with E-state index in [9.17, 15) is 0 Å². The largest absolute Gasteiger partial charge is 0.371 e. The summed E-state index contributed by atoms with van der Waals surface area (Å²) in [7, 11) is 0. The van der Waals surface area contributed by atoms with Gasteiger partial charge in [0.25, 0.3) is 0 Å². The quantitative estimate of drug-likeness (QED) is 0.892. The van der Waals surface area contributed by atoms with Crippen LogP contribution in [-0.4, -0.2) is 19.6 Å². The fourth-order valence-electron chi connectivity index (χ4n) is 1.69. The topological polar surface area (TPSA) is 29.3 Å². The number of rotatable bonds is 5. The molecule has 15 heavy (non-hydrogen) atoms. The standard InChI is InChI=1S/C12H19BrN2/c1-3-15(4-2)12-6-5-10(7-8-14)9-11(12)13/h5-6,9H,3-4,7-8,14H2,1-2H3. The molecule has 0 bridgehead atoms. The third kappa shape index (κ3) is 3.21. The molecule has 1 aromatic carbocycles. The fraction of sp³-hybridized carbons (Fsp3) is 0.500. The molecule has 0 saturated carbocycles. The zero-order chi connectivity index (χ0) is 11.3. The van der Waals surface area contributed by atoms with Gasteiger partial charge < -0.3 is 10.6 Å². The normalized spacial score (nSPS) is 10.4. The molecule has 0 spiro atoms. The SMILES string of the molecule is CCN(CC)c1ccc(CCN)cc1Br. The van der Waals surface area contributed by atoms with Gasteiger partial charge in [-0.15, -0.1) is 0 Å². The molecule has 2 N–H and O–H groups in total. The third-order valence-electron chi connectivity index (χ3n) is 2.55. The van der Waals surface area contributed by atoms with Crippen molar-refractivity contribution in [1.29, 1.82) is 0 Å². The van der Waals surface area contributed by atoms with E-state index < -0.39 is 0 Å². The van der Waals surface area contributed by atoms with Crippen molar-refractivity contribution in [3.63, 3.8) is 0 Å². The van der Waals surface area contributed by atoms with Gasteiger partial charge in [-0.2, -0.15) is 0 Å². The number of anilines is 1. The molecule has 0 fully saturated rings. The molecule has 1 aromatic rings. The van der Waals surface area contributed by atoms with Gasteiger partial charge in [-0.1, -0.05) is 6.07 Å². The zero-order valence-electron chi connectivity index (χ0n) is 9.46. The molecule has 0 aliphatic carbocycles. The maximum atomic E-state index is 5.54.